The molecule has 1 amide bonds. The van der Waals surface area contributed by atoms with Crippen LogP contribution in [0.15, 0.2) is 9.59 Å². The number of rotatable bonds is 7. The van der Waals surface area contributed by atoms with Crippen molar-refractivity contribution in [2.75, 3.05) is 17.2 Å². The zero-order valence-corrected chi connectivity index (χ0v) is 15.5. The van der Waals surface area contributed by atoms with E-state index in [1.165, 1.54) is 9.47 Å². The predicted octanol–water partition coefficient (Wildman–Crippen LogP) is 1.81. The summed E-state index contributed by atoms with van der Waals surface area (Å²) in [5.41, 5.74) is 5.05. The zero-order chi connectivity index (χ0) is 18.6. The lowest BCUT2D eigenvalue weighted by Crippen LogP contribution is -2.44. The molecule has 0 bridgehead atoms. The van der Waals surface area contributed by atoms with E-state index in [1.807, 2.05) is 41.5 Å². The van der Waals surface area contributed by atoms with Gasteiger partial charge in [0.1, 0.15) is 5.82 Å². The lowest BCUT2D eigenvalue weighted by atomic mass is 10.1. The summed E-state index contributed by atoms with van der Waals surface area (Å²) in [6, 6.07) is 0. The van der Waals surface area contributed by atoms with Crippen LogP contribution in [0, 0.1) is 17.8 Å². The number of aromatic amines is 1. The van der Waals surface area contributed by atoms with Crippen molar-refractivity contribution in [3.8, 4) is 0 Å². The first-order valence-electron chi connectivity index (χ1n) is 8.54. The average molecular weight is 338 g/mol. The minimum absolute atomic E-state index is 0.0507. The third-order valence-electron chi connectivity index (χ3n) is 3.88. The Kier molecular flexibility index (Phi) is 6.81. The second-order valence-electron chi connectivity index (χ2n) is 7.15. The molecule has 0 radical (unpaired) electrons. The maximum atomic E-state index is 12.8. The number of hydrogen-bond donors (Lipinski definition) is 2. The van der Waals surface area contributed by atoms with Gasteiger partial charge in [0.25, 0.3) is 5.56 Å². The fourth-order valence-corrected chi connectivity index (χ4v) is 2.48. The standard InChI is InChI=1S/C17H30N4O3/c1-7-12(6)16(23)20(8-10(2)3)13-14(18)21(9-11(4)5)17(24)19-15(13)22/h10-12H,7-9,18H2,1-6H3,(H,19,22,24). The van der Waals surface area contributed by atoms with Crippen molar-refractivity contribution in [2.45, 2.75) is 54.5 Å². The van der Waals surface area contributed by atoms with Crippen LogP contribution in [0.2, 0.25) is 0 Å². The Bertz CT molecular complexity index is 688. The summed E-state index contributed by atoms with van der Waals surface area (Å²) in [5.74, 6) is -0.00391. The number of carbonyl (C=O) groups is 1. The van der Waals surface area contributed by atoms with E-state index in [-0.39, 0.29) is 35.2 Å². The molecule has 136 valence electrons. The molecule has 0 aliphatic heterocycles. The van der Waals surface area contributed by atoms with Crippen LogP contribution < -0.4 is 21.9 Å². The van der Waals surface area contributed by atoms with Gasteiger partial charge < -0.3 is 10.6 Å². The summed E-state index contributed by atoms with van der Waals surface area (Å²) >= 11 is 0. The molecule has 1 heterocycles. The highest BCUT2D eigenvalue weighted by atomic mass is 16.2. The summed E-state index contributed by atoms with van der Waals surface area (Å²) in [6.07, 6.45) is 0.664. The molecule has 0 aliphatic rings. The summed E-state index contributed by atoms with van der Waals surface area (Å²) in [6.45, 7) is 12.3. The van der Waals surface area contributed by atoms with Crippen LogP contribution in [0.25, 0.3) is 0 Å². The molecule has 7 nitrogen and oxygen atoms in total. The molecular weight excluding hydrogens is 308 g/mol. The van der Waals surface area contributed by atoms with Gasteiger partial charge in [-0.25, -0.2) is 4.79 Å². The molecule has 0 aliphatic carbocycles. The Morgan fingerprint density at radius 3 is 2.21 bits per heavy atom. The minimum atomic E-state index is -0.616. The maximum absolute atomic E-state index is 12.8. The Hall–Kier alpha value is -2.05. The summed E-state index contributed by atoms with van der Waals surface area (Å²) < 4.78 is 1.33. The lowest BCUT2D eigenvalue weighted by molar-refractivity contribution is -0.122. The first-order chi connectivity index (χ1) is 11.1. The Morgan fingerprint density at radius 1 is 1.17 bits per heavy atom. The molecule has 1 unspecified atom stereocenters. The van der Waals surface area contributed by atoms with Gasteiger partial charge in [-0.05, 0) is 18.3 Å². The van der Waals surface area contributed by atoms with Gasteiger partial charge >= 0.3 is 5.69 Å². The summed E-state index contributed by atoms with van der Waals surface area (Å²) in [7, 11) is 0. The van der Waals surface area contributed by atoms with Crippen molar-refractivity contribution < 1.29 is 4.79 Å². The fourth-order valence-electron chi connectivity index (χ4n) is 2.48. The van der Waals surface area contributed by atoms with E-state index in [2.05, 4.69) is 4.98 Å². The minimum Gasteiger partial charge on any atom is -0.383 e. The van der Waals surface area contributed by atoms with E-state index in [1.54, 1.807) is 0 Å². The van der Waals surface area contributed by atoms with E-state index in [9.17, 15) is 14.4 Å². The van der Waals surface area contributed by atoms with Crippen LogP contribution in [0.5, 0.6) is 0 Å². The number of anilines is 2. The first-order valence-corrected chi connectivity index (χ1v) is 8.54. The van der Waals surface area contributed by atoms with Crippen LogP contribution in [-0.4, -0.2) is 22.0 Å². The van der Waals surface area contributed by atoms with Gasteiger partial charge in [0.15, 0.2) is 5.69 Å². The van der Waals surface area contributed by atoms with Crippen LogP contribution in [0.4, 0.5) is 11.5 Å². The SMILES string of the molecule is CCC(C)C(=O)N(CC(C)C)c1c(N)n(CC(C)C)c(=O)[nH]c1=O. The highest BCUT2D eigenvalue weighted by molar-refractivity contribution is 5.96. The molecule has 0 saturated carbocycles. The molecule has 1 rings (SSSR count). The first kappa shape index (κ1) is 20.0. The van der Waals surface area contributed by atoms with Gasteiger partial charge in [-0.2, -0.15) is 0 Å². The molecule has 0 saturated heterocycles. The second-order valence-corrected chi connectivity index (χ2v) is 7.15. The summed E-state index contributed by atoms with van der Waals surface area (Å²) in [4.78, 5) is 41.0. The predicted molar refractivity (Wildman–Crippen MR) is 97.2 cm³/mol. The number of nitrogens with one attached hydrogen (secondary N) is 1. The highest BCUT2D eigenvalue weighted by Gasteiger charge is 2.27. The molecule has 0 fully saturated rings. The van der Waals surface area contributed by atoms with Crippen molar-refractivity contribution in [3.05, 3.63) is 20.8 Å². The van der Waals surface area contributed by atoms with Gasteiger partial charge in [0.2, 0.25) is 5.91 Å². The molecule has 1 aromatic heterocycles. The van der Waals surface area contributed by atoms with Crippen molar-refractivity contribution in [1.29, 1.82) is 0 Å². The molecule has 24 heavy (non-hydrogen) atoms. The Labute approximate surface area is 142 Å². The van der Waals surface area contributed by atoms with Gasteiger partial charge in [-0.1, -0.05) is 41.5 Å². The topological polar surface area (TPSA) is 101 Å². The quantitative estimate of drug-likeness (QED) is 0.791. The molecule has 3 N–H and O–H groups in total. The maximum Gasteiger partial charge on any atom is 0.330 e. The normalized spacial score (nSPS) is 12.7. The molecule has 0 aromatic carbocycles. The highest BCUT2D eigenvalue weighted by Crippen LogP contribution is 2.22. The number of nitrogens with zero attached hydrogens (tertiary/aromatic N) is 2. The van der Waals surface area contributed by atoms with Crippen molar-refractivity contribution in [2.24, 2.45) is 17.8 Å². The lowest BCUT2D eigenvalue weighted by Gasteiger charge is -2.28. The van der Waals surface area contributed by atoms with Crippen LogP contribution >= 0.6 is 0 Å². The van der Waals surface area contributed by atoms with E-state index in [0.29, 0.717) is 19.5 Å². The molecule has 1 aromatic rings. The molecule has 7 heteroatoms. The Balaban J connectivity index is 3.55. The van der Waals surface area contributed by atoms with Gasteiger partial charge in [-0.3, -0.25) is 19.1 Å². The molecule has 1 atom stereocenters. The number of carbonyl (C=O) groups excluding carboxylic acids is 1. The Morgan fingerprint density at radius 2 is 1.75 bits per heavy atom. The molecular formula is C17H30N4O3. The van der Waals surface area contributed by atoms with Gasteiger partial charge in [0.05, 0.1) is 0 Å². The third-order valence-corrected chi connectivity index (χ3v) is 3.88. The van der Waals surface area contributed by atoms with Crippen LogP contribution in [0.1, 0.15) is 48.0 Å². The number of nitrogen functional groups attached to an aromatic ring is 1. The van der Waals surface area contributed by atoms with Gasteiger partial charge in [-0.15, -0.1) is 0 Å². The van der Waals surface area contributed by atoms with E-state index in [0.717, 1.165) is 0 Å². The van der Waals surface area contributed by atoms with Crippen LogP contribution in [0.3, 0.4) is 0 Å². The third kappa shape index (κ3) is 4.49. The smallest absolute Gasteiger partial charge is 0.330 e. The number of aromatic nitrogens is 2. The van der Waals surface area contributed by atoms with Crippen molar-refractivity contribution in [3.63, 3.8) is 0 Å². The van der Waals surface area contributed by atoms with E-state index >= 15 is 0 Å². The number of hydrogen-bond acceptors (Lipinski definition) is 4. The van der Waals surface area contributed by atoms with Crippen molar-refractivity contribution >= 4 is 17.4 Å². The van der Waals surface area contributed by atoms with Crippen molar-refractivity contribution in [1.82, 2.24) is 9.55 Å². The molecule has 0 spiro atoms. The number of nitrogens with two attached hydrogens (primary N) is 1. The fraction of sp³-hybridized carbons (Fsp3) is 0.706. The largest absolute Gasteiger partial charge is 0.383 e. The van der Waals surface area contributed by atoms with E-state index in [4.69, 9.17) is 5.73 Å². The number of H-pyrrole nitrogens is 1. The number of amides is 1. The average Bonchev–Trinajstić information content (AvgIpc) is 2.48. The second kappa shape index (κ2) is 8.17. The van der Waals surface area contributed by atoms with Gasteiger partial charge in [0, 0.05) is 19.0 Å². The van der Waals surface area contributed by atoms with E-state index < -0.39 is 11.2 Å². The van der Waals surface area contributed by atoms with Crippen LogP contribution in [-0.2, 0) is 11.3 Å². The zero-order valence-electron chi connectivity index (χ0n) is 15.5. The monoisotopic (exact) mass is 338 g/mol. The summed E-state index contributed by atoms with van der Waals surface area (Å²) in [5, 5.41) is 0.